The lowest BCUT2D eigenvalue weighted by Crippen LogP contribution is -2.41. The predicted octanol–water partition coefficient (Wildman–Crippen LogP) is 0.963. The second-order valence-electron chi connectivity index (χ2n) is 2.62. The van der Waals surface area contributed by atoms with E-state index in [1.54, 1.807) is 0 Å². The number of hydrogen-bond acceptors (Lipinski definition) is 2. The Hall–Kier alpha value is -0.290. The Morgan fingerprint density at radius 2 is 1.91 bits per heavy atom. The van der Waals surface area contributed by atoms with Gasteiger partial charge in [-0.15, -0.1) is 0 Å². The van der Waals surface area contributed by atoms with Crippen LogP contribution in [0.3, 0.4) is 0 Å². The second kappa shape index (κ2) is 2.98. The first-order valence-electron chi connectivity index (χ1n) is 3.50. The number of nitrogens with zero attached hydrogens (tertiary/aromatic N) is 1. The zero-order valence-corrected chi connectivity index (χ0v) is 5.93. The van der Waals surface area contributed by atoms with E-state index in [-0.39, 0.29) is 12.6 Å². The van der Waals surface area contributed by atoms with Crippen molar-refractivity contribution >= 4 is 0 Å². The third kappa shape index (κ3) is 2.34. The summed E-state index contributed by atoms with van der Waals surface area (Å²) in [5.41, 5.74) is 0. The Balaban J connectivity index is 2.44. The molecule has 0 atom stereocenters. The van der Waals surface area contributed by atoms with Crippen LogP contribution in [0, 0.1) is 0 Å². The molecule has 0 amide bonds. The first-order valence-corrected chi connectivity index (χ1v) is 3.50. The normalized spacial score (nSPS) is 19.4. The van der Waals surface area contributed by atoms with Gasteiger partial charge in [0.15, 0.2) is 0 Å². The molecule has 1 fully saturated rings. The molecule has 0 aliphatic heterocycles. The molecule has 1 aliphatic rings. The fourth-order valence-corrected chi connectivity index (χ4v) is 1.01. The summed E-state index contributed by atoms with van der Waals surface area (Å²) in [5, 5.41) is 8.34. The first kappa shape index (κ1) is 8.80. The highest BCUT2D eigenvalue weighted by atomic mass is 19.4. The van der Waals surface area contributed by atoms with E-state index in [9.17, 15) is 13.2 Å². The highest BCUT2D eigenvalue weighted by Gasteiger charge is 2.45. The minimum absolute atomic E-state index is 0.297. The Kier molecular flexibility index (Phi) is 2.39. The number of halogens is 3. The molecule has 0 spiro atoms. The SMILES string of the molecule is OCCN(C1CC1)C(F)(F)F. The van der Waals surface area contributed by atoms with Crippen molar-refractivity contribution in [1.29, 1.82) is 0 Å². The van der Waals surface area contributed by atoms with Gasteiger partial charge in [-0.05, 0) is 12.8 Å². The molecule has 0 heterocycles. The third-order valence-electron chi connectivity index (χ3n) is 1.65. The molecule has 11 heavy (non-hydrogen) atoms. The second-order valence-corrected chi connectivity index (χ2v) is 2.62. The van der Waals surface area contributed by atoms with Crippen LogP contribution in [0.4, 0.5) is 13.2 Å². The van der Waals surface area contributed by atoms with Gasteiger partial charge in [-0.25, -0.2) is 4.90 Å². The van der Waals surface area contributed by atoms with Gasteiger partial charge in [0.1, 0.15) is 0 Å². The van der Waals surface area contributed by atoms with Crippen molar-refractivity contribution in [2.24, 2.45) is 0 Å². The van der Waals surface area contributed by atoms with Crippen LogP contribution in [0.15, 0.2) is 0 Å². The molecule has 0 bridgehead atoms. The lowest BCUT2D eigenvalue weighted by molar-refractivity contribution is -0.250. The maximum atomic E-state index is 12.0. The molecule has 1 saturated carbocycles. The molecule has 0 unspecified atom stereocenters. The van der Waals surface area contributed by atoms with E-state index in [4.69, 9.17) is 5.11 Å². The van der Waals surface area contributed by atoms with Crippen molar-refractivity contribution in [1.82, 2.24) is 4.90 Å². The standard InChI is InChI=1S/C6H10F3NO/c7-6(8,9)10(3-4-11)5-1-2-5/h5,11H,1-4H2. The van der Waals surface area contributed by atoms with Crippen LogP contribution in [-0.4, -0.2) is 35.5 Å². The van der Waals surface area contributed by atoms with Crippen molar-refractivity contribution in [2.75, 3.05) is 13.2 Å². The van der Waals surface area contributed by atoms with Gasteiger partial charge in [0.25, 0.3) is 0 Å². The van der Waals surface area contributed by atoms with Crippen molar-refractivity contribution in [3.63, 3.8) is 0 Å². The fraction of sp³-hybridized carbons (Fsp3) is 1.00. The Morgan fingerprint density at radius 1 is 1.36 bits per heavy atom. The van der Waals surface area contributed by atoms with Gasteiger partial charge in [0, 0.05) is 12.6 Å². The van der Waals surface area contributed by atoms with E-state index < -0.39 is 12.9 Å². The maximum Gasteiger partial charge on any atom is 0.460 e. The minimum Gasteiger partial charge on any atom is -0.395 e. The van der Waals surface area contributed by atoms with Crippen molar-refractivity contribution in [2.45, 2.75) is 25.2 Å². The van der Waals surface area contributed by atoms with Crippen LogP contribution >= 0.6 is 0 Å². The maximum absolute atomic E-state index is 12.0. The monoisotopic (exact) mass is 169 g/mol. The van der Waals surface area contributed by atoms with E-state index in [0.29, 0.717) is 17.7 Å². The summed E-state index contributed by atoms with van der Waals surface area (Å²) < 4.78 is 36.0. The van der Waals surface area contributed by atoms with Gasteiger partial charge in [0.2, 0.25) is 0 Å². The summed E-state index contributed by atoms with van der Waals surface area (Å²) in [7, 11) is 0. The summed E-state index contributed by atoms with van der Waals surface area (Å²) in [6.45, 7) is -0.732. The zero-order valence-electron chi connectivity index (χ0n) is 5.93. The van der Waals surface area contributed by atoms with Gasteiger partial charge in [0.05, 0.1) is 6.61 Å². The molecule has 5 heteroatoms. The fourth-order valence-electron chi connectivity index (χ4n) is 1.01. The third-order valence-corrected chi connectivity index (χ3v) is 1.65. The van der Waals surface area contributed by atoms with Crippen LogP contribution in [0.1, 0.15) is 12.8 Å². The molecule has 0 aromatic rings. The van der Waals surface area contributed by atoms with Gasteiger partial charge >= 0.3 is 6.30 Å². The molecule has 1 aliphatic carbocycles. The molecule has 0 radical (unpaired) electrons. The lowest BCUT2D eigenvalue weighted by Gasteiger charge is -2.23. The number of aliphatic hydroxyl groups is 1. The van der Waals surface area contributed by atoms with E-state index in [1.807, 2.05) is 0 Å². The van der Waals surface area contributed by atoms with Crippen LogP contribution in [0.2, 0.25) is 0 Å². The number of alkyl halides is 3. The molecule has 1 N–H and O–H groups in total. The average Bonchev–Trinajstić information content (AvgIpc) is 2.61. The van der Waals surface area contributed by atoms with E-state index in [1.165, 1.54) is 0 Å². The minimum atomic E-state index is -4.27. The van der Waals surface area contributed by atoms with E-state index >= 15 is 0 Å². The van der Waals surface area contributed by atoms with Crippen LogP contribution < -0.4 is 0 Å². The smallest absolute Gasteiger partial charge is 0.395 e. The lowest BCUT2D eigenvalue weighted by atomic mass is 10.5. The molecule has 2 nitrogen and oxygen atoms in total. The van der Waals surface area contributed by atoms with Gasteiger partial charge in [-0.3, -0.25) is 0 Å². The summed E-state index contributed by atoms with van der Waals surface area (Å²) in [4.78, 5) is 0.396. The molecular formula is C6H10F3NO. The Morgan fingerprint density at radius 3 is 2.18 bits per heavy atom. The predicted molar refractivity (Wildman–Crippen MR) is 32.9 cm³/mol. The van der Waals surface area contributed by atoms with Gasteiger partial charge < -0.3 is 5.11 Å². The highest BCUT2D eigenvalue weighted by molar-refractivity contribution is 4.85. The van der Waals surface area contributed by atoms with Crippen LogP contribution in [0.25, 0.3) is 0 Å². The number of hydrogen-bond donors (Lipinski definition) is 1. The van der Waals surface area contributed by atoms with Crippen molar-refractivity contribution in [3.05, 3.63) is 0 Å². The molecule has 0 aromatic heterocycles. The zero-order chi connectivity index (χ0) is 8.48. The molecule has 1 rings (SSSR count). The summed E-state index contributed by atoms with van der Waals surface area (Å²) >= 11 is 0. The number of rotatable bonds is 3. The van der Waals surface area contributed by atoms with Gasteiger partial charge in [-0.2, -0.15) is 13.2 Å². The molecule has 0 saturated heterocycles. The summed E-state index contributed by atoms with van der Waals surface area (Å²) in [6, 6.07) is -0.373. The molecular weight excluding hydrogens is 159 g/mol. The Labute approximate surface area is 62.6 Å². The van der Waals surface area contributed by atoms with Crippen LogP contribution in [-0.2, 0) is 0 Å². The summed E-state index contributed by atoms with van der Waals surface area (Å²) in [6.07, 6.45) is -3.08. The highest BCUT2D eigenvalue weighted by Crippen LogP contribution is 2.34. The average molecular weight is 169 g/mol. The van der Waals surface area contributed by atoms with E-state index in [2.05, 4.69) is 0 Å². The van der Waals surface area contributed by atoms with Crippen LogP contribution in [0.5, 0.6) is 0 Å². The molecule has 66 valence electrons. The topological polar surface area (TPSA) is 23.5 Å². The first-order chi connectivity index (χ1) is 5.05. The molecule has 0 aromatic carbocycles. The number of aliphatic hydroxyl groups excluding tert-OH is 1. The van der Waals surface area contributed by atoms with Gasteiger partial charge in [-0.1, -0.05) is 0 Å². The van der Waals surface area contributed by atoms with E-state index in [0.717, 1.165) is 0 Å². The van der Waals surface area contributed by atoms with Crippen molar-refractivity contribution in [3.8, 4) is 0 Å². The summed E-state index contributed by atoms with van der Waals surface area (Å²) in [5.74, 6) is 0. The largest absolute Gasteiger partial charge is 0.460 e. The van der Waals surface area contributed by atoms with Crippen molar-refractivity contribution < 1.29 is 18.3 Å². The Bertz CT molecular complexity index is 132. The quantitative estimate of drug-likeness (QED) is 0.636.